The van der Waals surface area contributed by atoms with Gasteiger partial charge in [-0.3, -0.25) is 4.98 Å². The third-order valence-electron chi connectivity index (χ3n) is 2.30. The summed E-state index contributed by atoms with van der Waals surface area (Å²) in [6, 6.07) is 11.1. The Morgan fingerprint density at radius 1 is 1.12 bits per heavy atom. The summed E-state index contributed by atoms with van der Waals surface area (Å²) in [6.45, 7) is 0.426. The zero-order valence-electron chi connectivity index (χ0n) is 9.59. The van der Waals surface area contributed by atoms with Crippen molar-refractivity contribution < 1.29 is 9.47 Å². The van der Waals surface area contributed by atoms with Crippen LogP contribution in [0.3, 0.4) is 0 Å². The van der Waals surface area contributed by atoms with Crippen molar-refractivity contribution in [2.45, 2.75) is 6.54 Å². The van der Waals surface area contributed by atoms with E-state index in [0.29, 0.717) is 23.8 Å². The number of nitrogens with zero attached hydrogens (tertiary/aromatic N) is 1. The van der Waals surface area contributed by atoms with Crippen LogP contribution in [0.2, 0.25) is 0 Å². The fraction of sp³-hybridized carbons (Fsp3) is 0.154. The molecule has 4 heteroatoms. The maximum absolute atomic E-state index is 5.67. The lowest BCUT2D eigenvalue weighted by atomic mass is 10.3. The van der Waals surface area contributed by atoms with Gasteiger partial charge in [-0.1, -0.05) is 12.1 Å². The van der Waals surface area contributed by atoms with Crippen molar-refractivity contribution >= 4 is 0 Å². The molecule has 2 rings (SSSR count). The van der Waals surface area contributed by atoms with Crippen LogP contribution in [-0.4, -0.2) is 12.1 Å². The van der Waals surface area contributed by atoms with Gasteiger partial charge in [0.05, 0.1) is 19.0 Å². The molecule has 0 atom stereocenters. The Balaban J connectivity index is 2.19. The second-order valence-electron chi connectivity index (χ2n) is 3.44. The summed E-state index contributed by atoms with van der Waals surface area (Å²) in [7, 11) is 1.61. The fourth-order valence-electron chi connectivity index (χ4n) is 1.42. The van der Waals surface area contributed by atoms with Gasteiger partial charge in [-0.2, -0.15) is 0 Å². The van der Waals surface area contributed by atoms with Gasteiger partial charge in [0.1, 0.15) is 5.75 Å². The van der Waals surface area contributed by atoms with Crippen LogP contribution in [0, 0.1) is 0 Å². The molecule has 0 bridgehead atoms. The van der Waals surface area contributed by atoms with E-state index in [2.05, 4.69) is 4.98 Å². The van der Waals surface area contributed by atoms with Gasteiger partial charge < -0.3 is 15.2 Å². The van der Waals surface area contributed by atoms with Crippen molar-refractivity contribution in [3.05, 3.63) is 48.3 Å². The summed E-state index contributed by atoms with van der Waals surface area (Å²) >= 11 is 0. The zero-order chi connectivity index (χ0) is 12.1. The minimum atomic E-state index is 0.426. The second-order valence-corrected chi connectivity index (χ2v) is 3.44. The second kappa shape index (κ2) is 5.32. The zero-order valence-corrected chi connectivity index (χ0v) is 9.59. The smallest absolute Gasteiger partial charge is 0.169 e. The normalized spacial score (nSPS) is 10.0. The molecule has 0 unspecified atom stereocenters. The first-order chi connectivity index (χ1) is 8.33. The molecule has 0 spiro atoms. The van der Waals surface area contributed by atoms with E-state index in [-0.39, 0.29) is 0 Å². The number of pyridine rings is 1. The maximum Gasteiger partial charge on any atom is 0.169 e. The summed E-state index contributed by atoms with van der Waals surface area (Å²) in [5.41, 5.74) is 6.31. The van der Waals surface area contributed by atoms with E-state index in [1.807, 2.05) is 36.4 Å². The van der Waals surface area contributed by atoms with E-state index in [4.69, 9.17) is 15.2 Å². The minimum Gasteiger partial charge on any atom is -0.493 e. The van der Waals surface area contributed by atoms with Gasteiger partial charge in [-0.25, -0.2) is 0 Å². The molecule has 0 amide bonds. The van der Waals surface area contributed by atoms with E-state index in [1.165, 1.54) is 0 Å². The minimum absolute atomic E-state index is 0.426. The first-order valence-corrected chi connectivity index (χ1v) is 5.29. The number of hydrogen-bond donors (Lipinski definition) is 1. The summed E-state index contributed by atoms with van der Waals surface area (Å²) in [6.07, 6.45) is 1.65. The Bertz CT molecular complexity index is 483. The highest BCUT2D eigenvalue weighted by Gasteiger charge is 2.04. The number of hydrogen-bond acceptors (Lipinski definition) is 4. The average Bonchev–Trinajstić information content (AvgIpc) is 2.40. The van der Waals surface area contributed by atoms with Gasteiger partial charge in [0.25, 0.3) is 0 Å². The molecule has 1 aromatic carbocycles. The molecule has 2 N–H and O–H groups in total. The maximum atomic E-state index is 5.67. The van der Waals surface area contributed by atoms with Crippen LogP contribution in [0.1, 0.15) is 5.69 Å². The number of aromatic nitrogens is 1. The third-order valence-corrected chi connectivity index (χ3v) is 2.30. The number of rotatable bonds is 4. The van der Waals surface area contributed by atoms with Gasteiger partial charge in [-0.05, 0) is 24.3 Å². The van der Waals surface area contributed by atoms with Crippen molar-refractivity contribution in [3.8, 4) is 17.2 Å². The number of nitrogens with two attached hydrogens (primary N) is 1. The van der Waals surface area contributed by atoms with E-state index in [0.717, 1.165) is 5.69 Å². The SMILES string of the molecule is COc1ccccc1Oc1ccc(CN)nc1. The lowest BCUT2D eigenvalue weighted by molar-refractivity contribution is 0.378. The Kier molecular flexibility index (Phi) is 3.57. The van der Waals surface area contributed by atoms with Gasteiger partial charge >= 0.3 is 0 Å². The molecule has 0 saturated heterocycles. The molecule has 2 aromatic rings. The van der Waals surface area contributed by atoms with Crippen molar-refractivity contribution in [1.29, 1.82) is 0 Å². The quantitative estimate of drug-likeness (QED) is 0.875. The standard InChI is InChI=1S/C13H14N2O2/c1-16-12-4-2-3-5-13(12)17-11-7-6-10(8-14)15-9-11/h2-7,9H,8,14H2,1H3. The highest BCUT2D eigenvalue weighted by molar-refractivity contribution is 5.42. The predicted octanol–water partition coefficient (Wildman–Crippen LogP) is 2.34. The van der Waals surface area contributed by atoms with Crippen LogP contribution in [0.5, 0.6) is 17.2 Å². The largest absolute Gasteiger partial charge is 0.493 e. The number of methoxy groups -OCH3 is 1. The van der Waals surface area contributed by atoms with Crippen LogP contribution >= 0.6 is 0 Å². The van der Waals surface area contributed by atoms with Crippen LogP contribution in [0.25, 0.3) is 0 Å². The summed E-state index contributed by atoms with van der Waals surface area (Å²) < 4.78 is 10.9. The molecule has 0 radical (unpaired) electrons. The molecule has 0 aliphatic heterocycles. The Morgan fingerprint density at radius 3 is 2.47 bits per heavy atom. The molecule has 4 nitrogen and oxygen atoms in total. The molecule has 0 fully saturated rings. The molecule has 1 heterocycles. The van der Waals surface area contributed by atoms with Crippen LogP contribution in [0.4, 0.5) is 0 Å². The fourth-order valence-corrected chi connectivity index (χ4v) is 1.42. The van der Waals surface area contributed by atoms with E-state index in [9.17, 15) is 0 Å². The van der Waals surface area contributed by atoms with E-state index < -0.39 is 0 Å². The van der Waals surface area contributed by atoms with Crippen molar-refractivity contribution in [1.82, 2.24) is 4.98 Å². The monoisotopic (exact) mass is 230 g/mol. The van der Waals surface area contributed by atoms with Crippen LogP contribution in [0.15, 0.2) is 42.6 Å². The highest BCUT2D eigenvalue weighted by atomic mass is 16.5. The molecule has 17 heavy (non-hydrogen) atoms. The van der Waals surface area contributed by atoms with Crippen molar-refractivity contribution in [3.63, 3.8) is 0 Å². The first kappa shape index (κ1) is 11.4. The van der Waals surface area contributed by atoms with Gasteiger partial charge in [-0.15, -0.1) is 0 Å². The van der Waals surface area contributed by atoms with Gasteiger partial charge in [0, 0.05) is 6.54 Å². The van der Waals surface area contributed by atoms with Crippen molar-refractivity contribution in [2.24, 2.45) is 5.73 Å². The number of ether oxygens (including phenoxy) is 2. The van der Waals surface area contributed by atoms with Crippen LogP contribution in [-0.2, 0) is 6.54 Å². The number of para-hydroxylation sites is 2. The summed E-state index contributed by atoms with van der Waals surface area (Å²) in [5, 5.41) is 0. The highest BCUT2D eigenvalue weighted by Crippen LogP contribution is 2.30. The van der Waals surface area contributed by atoms with Gasteiger partial charge in [0.15, 0.2) is 11.5 Å². The topological polar surface area (TPSA) is 57.4 Å². The molecule has 0 aliphatic carbocycles. The molecule has 1 aromatic heterocycles. The number of benzene rings is 1. The van der Waals surface area contributed by atoms with Crippen LogP contribution < -0.4 is 15.2 Å². The van der Waals surface area contributed by atoms with E-state index >= 15 is 0 Å². The lowest BCUT2D eigenvalue weighted by Crippen LogP contribution is -1.99. The Morgan fingerprint density at radius 2 is 1.88 bits per heavy atom. The molecular weight excluding hydrogens is 216 g/mol. The third kappa shape index (κ3) is 2.73. The summed E-state index contributed by atoms with van der Waals surface area (Å²) in [4.78, 5) is 4.16. The molecule has 88 valence electrons. The lowest BCUT2D eigenvalue weighted by Gasteiger charge is -2.09. The molecular formula is C13H14N2O2. The average molecular weight is 230 g/mol. The van der Waals surface area contributed by atoms with E-state index in [1.54, 1.807) is 13.3 Å². The predicted molar refractivity (Wildman–Crippen MR) is 65.2 cm³/mol. The molecule has 0 saturated carbocycles. The van der Waals surface area contributed by atoms with Crippen molar-refractivity contribution in [2.75, 3.05) is 7.11 Å². The first-order valence-electron chi connectivity index (χ1n) is 5.29. The van der Waals surface area contributed by atoms with Gasteiger partial charge in [0.2, 0.25) is 0 Å². The molecule has 0 aliphatic rings. The Hall–Kier alpha value is -2.07. The summed E-state index contributed by atoms with van der Waals surface area (Å²) in [5.74, 6) is 2.01. The Labute approximate surface area is 100 Å².